The summed E-state index contributed by atoms with van der Waals surface area (Å²) in [6.07, 6.45) is 2.37. The second-order valence-electron chi connectivity index (χ2n) is 6.48. The lowest BCUT2D eigenvalue weighted by molar-refractivity contribution is -0.132. The molecule has 130 valence electrons. The van der Waals surface area contributed by atoms with Crippen molar-refractivity contribution in [2.75, 3.05) is 13.1 Å². The zero-order chi connectivity index (χ0) is 17.6. The molecule has 2 amide bonds. The number of aryl methyl sites for hydroxylation is 1. The van der Waals surface area contributed by atoms with Gasteiger partial charge < -0.3 is 10.2 Å². The SMILES string of the molecule is Cc1ccccc1C(=O)NCCC(=O)N1CCCC1c1ccccc1. The predicted octanol–water partition coefficient (Wildman–Crippen LogP) is 3.48. The molecule has 0 saturated carbocycles. The molecular weight excluding hydrogens is 312 g/mol. The maximum atomic E-state index is 12.6. The number of carbonyl (C=O) groups is 2. The van der Waals surface area contributed by atoms with Gasteiger partial charge in [0.05, 0.1) is 6.04 Å². The zero-order valence-corrected chi connectivity index (χ0v) is 14.6. The monoisotopic (exact) mass is 336 g/mol. The number of rotatable bonds is 5. The molecule has 0 aromatic heterocycles. The lowest BCUT2D eigenvalue weighted by Crippen LogP contribution is -2.34. The molecule has 0 radical (unpaired) electrons. The van der Waals surface area contributed by atoms with Crippen molar-refractivity contribution in [3.8, 4) is 0 Å². The van der Waals surface area contributed by atoms with E-state index in [2.05, 4.69) is 17.4 Å². The number of hydrogen-bond donors (Lipinski definition) is 1. The molecule has 0 bridgehead atoms. The van der Waals surface area contributed by atoms with Crippen LogP contribution in [-0.2, 0) is 4.79 Å². The van der Waals surface area contributed by atoms with Crippen LogP contribution in [0.15, 0.2) is 54.6 Å². The summed E-state index contributed by atoms with van der Waals surface area (Å²) in [7, 11) is 0. The Balaban J connectivity index is 1.54. The normalized spacial score (nSPS) is 16.7. The van der Waals surface area contributed by atoms with Gasteiger partial charge in [-0.1, -0.05) is 48.5 Å². The molecule has 4 heteroatoms. The standard InChI is InChI=1S/C21H24N2O2/c1-16-8-5-6-11-18(16)21(25)22-14-13-20(24)23-15-7-12-19(23)17-9-3-2-4-10-17/h2-6,8-11,19H,7,12-15H2,1H3,(H,22,25). The van der Waals surface area contributed by atoms with Gasteiger partial charge in [-0.05, 0) is 37.0 Å². The van der Waals surface area contributed by atoms with E-state index in [1.54, 1.807) is 6.07 Å². The van der Waals surface area contributed by atoms with Gasteiger partial charge >= 0.3 is 0 Å². The van der Waals surface area contributed by atoms with E-state index >= 15 is 0 Å². The maximum absolute atomic E-state index is 12.6. The summed E-state index contributed by atoms with van der Waals surface area (Å²) in [4.78, 5) is 26.8. The van der Waals surface area contributed by atoms with Crippen LogP contribution in [0.4, 0.5) is 0 Å². The van der Waals surface area contributed by atoms with Crippen molar-refractivity contribution >= 4 is 11.8 Å². The number of benzene rings is 2. The smallest absolute Gasteiger partial charge is 0.251 e. The van der Waals surface area contributed by atoms with Gasteiger partial charge in [-0.2, -0.15) is 0 Å². The Morgan fingerprint density at radius 2 is 1.80 bits per heavy atom. The third-order valence-corrected chi connectivity index (χ3v) is 4.77. The Hall–Kier alpha value is -2.62. The molecule has 1 N–H and O–H groups in total. The van der Waals surface area contributed by atoms with Crippen LogP contribution in [0.5, 0.6) is 0 Å². The Morgan fingerprint density at radius 1 is 1.08 bits per heavy atom. The van der Waals surface area contributed by atoms with Crippen LogP contribution in [0.1, 0.15) is 46.8 Å². The van der Waals surface area contributed by atoms with Gasteiger partial charge in [0.2, 0.25) is 5.91 Å². The molecule has 1 saturated heterocycles. The summed E-state index contributed by atoms with van der Waals surface area (Å²) in [5.74, 6) is -0.0108. The van der Waals surface area contributed by atoms with Gasteiger partial charge in [0.15, 0.2) is 0 Å². The number of amides is 2. The molecule has 1 unspecified atom stereocenters. The third-order valence-electron chi connectivity index (χ3n) is 4.77. The topological polar surface area (TPSA) is 49.4 Å². The highest BCUT2D eigenvalue weighted by molar-refractivity contribution is 5.95. The van der Waals surface area contributed by atoms with Crippen LogP contribution < -0.4 is 5.32 Å². The molecule has 4 nitrogen and oxygen atoms in total. The third kappa shape index (κ3) is 4.08. The molecule has 25 heavy (non-hydrogen) atoms. The summed E-state index contributed by atoms with van der Waals surface area (Å²) < 4.78 is 0. The number of hydrogen-bond acceptors (Lipinski definition) is 2. The van der Waals surface area contributed by atoms with Crippen LogP contribution in [0.2, 0.25) is 0 Å². The fourth-order valence-corrected chi connectivity index (χ4v) is 3.44. The van der Waals surface area contributed by atoms with Crippen molar-refractivity contribution in [1.82, 2.24) is 10.2 Å². The lowest BCUT2D eigenvalue weighted by Gasteiger charge is -2.25. The van der Waals surface area contributed by atoms with Crippen molar-refractivity contribution < 1.29 is 9.59 Å². The fourth-order valence-electron chi connectivity index (χ4n) is 3.44. The Morgan fingerprint density at radius 3 is 2.56 bits per heavy atom. The molecule has 1 fully saturated rings. The Bertz CT molecular complexity index is 743. The molecule has 2 aromatic rings. The first-order valence-electron chi connectivity index (χ1n) is 8.85. The average molecular weight is 336 g/mol. The quantitative estimate of drug-likeness (QED) is 0.909. The van der Waals surface area contributed by atoms with Gasteiger partial charge in [0.1, 0.15) is 0 Å². The van der Waals surface area contributed by atoms with E-state index < -0.39 is 0 Å². The van der Waals surface area contributed by atoms with Crippen molar-refractivity contribution in [2.45, 2.75) is 32.2 Å². The average Bonchev–Trinajstić information content (AvgIpc) is 3.12. The minimum Gasteiger partial charge on any atom is -0.352 e. The first-order chi connectivity index (χ1) is 12.2. The van der Waals surface area contributed by atoms with E-state index in [1.807, 2.05) is 48.2 Å². The van der Waals surface area contributed by atoms with Crippen LogP contribution in [0.3, 0.4) is 0 Å². The highest BCUT2D eigenvalue weighted by Crippen LogP contribution is 2.32. The summed E-state index contributed by atoms with van der Waals surface area (Å²) in [5.41, 5.74) is 2.80. The van der Waals surface area contributed by atoms with Crippen LogP contribution in [-0.4, -0.2) is 29.8 Å². The largest absolute Gasteiger partial charge is 0.352 e. The summed E-state index contributed by atoms with van der Waals surface area (Å²) in [5, 5.41) is 2.86. The first-order valence-corrected chi connectivity index (χ1v) is 8.85. The second kappa shape index (κ2) is 7.97. The van der Waals surface area contributed by atoms with Gasteiger partial charge in [0, 0.05) is 25.1 Å². The molecule has 0 spiro atoms. The molecule has 3 rings (SSSR count). The van der Waals surface area contributed by atoms with Gasteiger partial charge in [0.25, 0.3) is 5.91 Å². The molecule has 0 aliphatic carbocycles. The van der Waals surface area contributed by atoms with Crippen molar-refractivity contribution in [2.24, 2.45) is 0 Å². The summed E-state index contributed by atoms with van der Waals surface area (Å²) in [6.45, 7) is 3.07. The Kier molecular flexibility index (Phi) is 5.49. The number of likely N-dealkylation sites (tertiary alicyclic amines) is 1. The van der Waals surface area contributed by atoms with E-state index in [0.717, 1.165) is 24.9 Å². The van der Waals surface area contributed by atoms with Gasteiger partial charge in [-0.25, -0.2) is 0 Å². The molecule has 1 heterocycles. The minimum atomic E-state index is -0.119. The predicted molar refractivity (Wildman–Crippen MR) is 98.3 cm³/mol. The fraction of sp³-hybridized carbons (Fsp3) is 0.333. The molecule has 1 atom stereocenters. The number of nitrogens with zero attached hydrogens (tertiary/aromatic N) is 1. The molecule has 2 aromatic carbocycles. The van der Waals surface area contributed by atoms with E-state index in [-0.39, 0.29) is 17.9 Å². The zero-order valence-electron chi connectivity index (χ0n) is 14.6. The second-order valence-corrected chi connectivity index (χ2v) is 6.48. The first kappa shape index (κ1) is 17.2. The van der Waals surface area contributed by atoms with Crippen LogP contribution in [0, 0.1) is 6.92 Å². The van der Waals surface area contributed by atoms with Crippen molar-refractivity contribution in [3.63, 3.8) is 0 Å². The van der Waals surface area contributed by atoms with E-state index in [0.29, 0.717) is 18.5 Å². The van der Waals surface area contributed by atoms with Gasteiger partial charge in [-0.15, -0.1) is 0 Å². The molecule has 1 aliphatic rings. The highest BCUT2D eigenvalue weighted by atomic mass is 16.2. The van der Waals surface area contributed by atoms with Crippen LogP contribution >= 0.6 is 0 Å². The highest BCUT2D eigenvalue weighted by Gasteiger charge is 2.29. The lowest BCUT2D eigenvalue weighted by atomic mass is 10.0. The summed E-state index contributed by atoms with van der Waals surface area (Å²) >= 11 is 0. The summed E-state index contributed by atoms with van der Waals surface area (Å²) in [6, 6.07) is 17.8. The molecule has 1 aliphatic heterocycles. The van der Waals surface area contributed by atoms with Crippen LogP contribution in [0.25, 0.3) is 0 Å². The molecular formula is C21H24N2O2. The number of carbonyl (C=O) groups excluding carboxylic acids is 2. The van der Waals surface area contributed by atoms with E-state index in [1.165, 1.54) is 5.56 Å². The van der Waals surface area contributed by atoms with Crippen molar-refractivity contribution in [3.05, 3.63) is 71.3 Å². The van der Waals surface area contributed by atoms with E-state index in [9.17, 15) is 9.59 Å². The minimum absolute atomic E-state index is 0.108. The maximum Gasteiger partial charge on any atom is 0.251 e. The number of nitrogens with one attached hydrogen (secondary N) is 1. The Labute approximate surface area is 148 Å². The van der Waals surface area contributed by atoms with Gasteiger partial charge in [-0.3, -0.25) is 9.59 Å². The van der Waals surface area contributed by atoms with E-state index in [4.69, 9.17) is 0 Å². The van der Waals surface area contributed by atoms with Crippen molar-refractivity contribution in [1.29, 1.82) is 0 Å².